The lowest BCUT2D eigenvalue weighted by Gasteiger charge is -2.33. The third-order valence-corrected chi connectivity index (χ3v) is 4.11. The van der Waals surface area contributed by atoms with Gasteiger partial charge in [-0.2, -0.15) is 0 Å². The third kappa shape index (κ3) is 3.85. The first-order chi connectivity index (χ1) is 10.7. The predicted octanol–water partition coefficient (Wildman–Crippen LogP) is 3.74. The van der Waals surface area contributed by atoms with Gasteiger partial charge in [-0.3, -0.25) is 4.79 Å². The fraction of sp³-hybridized carbons (Fsp3) is 0.294. The zero-order chi connectivity index (χ0) is 15.4. The van der Waals surface area contributed by atoms with Crippen molar-refractivity contribution in [1.82, 2.24) is 4.98 Å². The number of hydrogen-bond acceptors (Lipinski definition) is 4. The van der Waals surface area contributed by atoms with Crippen LogP contribution in [0.2, 0.25) is 0 Å². The number of rotatable bonds is 5. The van der Waals surface area contributed by atoms with Crippen molar-refractivity contribution < 1.29 is 14.3 Å². The molecule has 4 nitrogen and oxygen atoms in total. The molecule has 0 amide bonds. The van der Waals surface area contributed by atoms with Gasteiger partial charge < -0.3 is 9.47 Å². The first kappa shape index (κ1) is 15.0. The Morgan fingerprint density at radius 2 is 1.95 bits per heavy atom. The molecule has 0 unspecified atom stereocenters. The predicted molar refractivity (Wildman–Crippen MR) is 85.3 cm³/mol. The van der Waals surface area contributed by atoms with E-state index in [0.717, 1.165) is 10.0 Å². The molecule has 1 aliphatic rings. The monoisotopic (exact) mass is 361 g/mol. The highest BCUT2D eigenvalue weighted by Gasteiger charge is 2.37. The van der Waals surface area contributed by atoms with Gasteiger partial charge in [0.25, 0.3) is 0 Å². The molecular weight excluding hydrogens is 346 g/mol. The summed E-state index contributed by atoms with van der Waals surface area (Å²) in [6, 6.07) is 13.4. The molecule has 1 aromatic carbocycles. The van der Waals surface area contributed by atoms with Gasteiger partial charge in [0, 0.05) is 16.7 Å². The first-order valence-electron chi connectivity index (χ1n) is 7.19. The van der Waals surface area contributed by atoms with E-state index in [9.17, 15) is 4.79 Å². The largest absolute Gasteiger partial charge is 0.474 e. The van der Waals surface area contributed by atoms with Crippen molar-refractivity contribution in [3.63, 3.8) is 0 Å². The summed E-state index contributed by atoms with van der Waals surface area (Å²) in [6.07, 6.45) is 3.11. The number of halogens is 1. The van der Waals surface area contributed by atoms with Gasteiger partial charge in [0.15, 0.2) is 0 Å². The number of esters is 1. The van der Waals surface area contributed by atoms with Crippen LogP contribution in [-0.2, 0) is 16.1 Å². The topological polar surface area (TPSA) is 48.4 Å². The van der Waals surface area contributed by atoms with Gasteiger partial charge in [0.05, 0.1) is 5.92 Å². The summed E-state index contributed by atoms with van der Waals surface area (Å²) < 4.78 is 12.0. The van der Waals surface area contributed by atoms with Gasteiger partial charge in [-0.05, 0) is 40.4 Å². The van der Waals surface area contributed by atoms with Crippen LogP contribution in [0.5, 0.6) is 5.88 Å². The van der Waals surface area contributed by atoms with Crippen LogP contribution < -0.4 is 4.74 Å². The highest BCUT2D eigenvalue weighted by atomic mass is 79.9. The number of carbonyl (C=O) groups excluding carboxylic acids is 1. The van der Waals surface area contributed by atoms with Crippen molar-refractivity contribution in [3.8, 4) is 5.88 Å². The van der Waals surface area contributed by atoms with E-state index >= 15 is 0 Å². The van der Waals surface area contributed by atoms with Crippen molar-refractivity contribution in [2.45, 2.75) is 25.6 Å². The Hall–Kier alpha value is -1.88. The Bertz CT molecular complexity index is 624. The summed E-state index contributed by atoms with van der Waals surface area (Å²) >= 11 is 3.33. The number of nitrogens with zero attached hydrogens (tertiary/aromatic N) is 1. The van der Waals surface area contributed by atoms with Gasteiger partial charge in [-0.15, -0.1) is 0 Å². The molecule has 0 bridgehead atoms. The number of pyridine rings is 1. The zero-order valence-electron chi connectivity index (χ0n) is 11.9. The molecular formula is C17H16BrNO3. The van der Waals surface area contributed by atoms with Crippen LogP contribution in [0.3, 0.4) is 0 Å². The van der Waals surface area contributed by atoms with E-state index in [2.05, 4.69) is 20.9 Å². The lowest BCUT2D eigenvalue weighted by atomic mass is 9.82. The molecule has 2 aromatic rings. The van der Waals surface area contributed by atoms with Crippen LogP contribution in [0.15, 0.2) is 53.1 Å². The molecule has 1 fully saturated rings. The fourth-order valence-electron chi connectivity index (χ4n) is 2.30. The van der Waals surface area contributed by atoms with Crippen LogP contribution >= 0.6 is 15.9 Å². The van der Waals surface area contributed by atoms with Gasteiger partial charge in [0.1, 0.15) is 12.7 Å². The molecule has 5 heteroatoms. The Labute approximate surface area is 137 Å². The SMILES string of the molecule is O=C(OCc1ccccc1)C1CC(Oc2ccc(Br)cn2)C1. The van der Waals surface area contributed by atoms with E-state index < -0.39 is 0 Å². The highest BCUT2D eigenvalue weighted by molar-refractivity contribution is 9.10. The maximum atomic E-state index is 11.9. The molecule has 0 atom stereocenters. The van der Waals surface area contributed by atoms with E-state index in [1.54, 1.807) is 6.20 Å². The molecule has 114 valence electrons. The molecule has 1 aliphatic carbocycles. The molecule has 0 radical (unpaired) electrons. The minimum atomic E-state index is -0.146. The zero-order valence-corrected chi connectivity index (χ0v) is 13.5. The minimum absolute atomic E-state index is 0.0444. The van der Waals surface area contributed by atoms with Crippen molar-refractivity contribution in [3.05, 3.63) is 58.7 Å². The van der Waals surface area contributed by atoms with Crippen molar-refractivity contribution >= 4 is 21.9 Å². The molecule has 0 spiro atoms. The molecule has 0 aliphatic heterocycles. The van der Waals surface area contributed by atoms with Crippen molar-refractivity contribution in [2.24, 2.45) is 5.92 Å². The van der Waals surface area contributed by atoms with E-state index in [4.69, 9.17) is 9.47 Å². The van der Waals surface area contributed by atoms with Gasteiger partial charge in [-0.1, -0.05) is 30.3 Å². The van der Waals surface area contributed by atoms with E-state index in [1.807, 2.05) is 42.5 Å². The van der Waals surface area contributed by atoms with Crippen LogP contribution in [0.4, 0.5) is 0 Å². The van der Waals surface area contributed by atoms with Crippen LogP contribution in [0.1, 0.15) is 18.4 Å². The molecule has 0 saturated heterocycles. The summed E-state index contributed by atoms with van der Waals surface area (Å²) in [6.45, 7) is 0.329. The summed E-state index contributed by atoms with van der Waals surface area (Å²) in [7, 11) is 0. The Balaban J connectivity index is 1.41. The van der Waals surface area contributed by atoms with Crippen LogP contribution in [0.25, 0.3) is 0 Å². The van der Waals surface area contributed by atoms with Crippen LogP contribution in [0, 0.1) is 5.92 Å². The number of hydrogen-bond donors (Lipinski definition) is 0. The van der Waals surface area contributed by atoms with E-state index in [0.29, 0.717) is 25.3 Å². The smallest absolute Gasteiger partial charge is 0.309 e. The first-order valence-corrected chi connectivity index (χ1v) is 7.99. The molecule has 1 heterocycles. The van der Waals surface area contributed by atoms with Gasteiger partial charge >= 0.3 is 5.97 Å². The summed E-state index contributed by atoms with van der Waals surface area (Å²) in [5.41, 5.74) is 1.00. The number of aromatic nitrogens is 1. The second kappa shape index (κ2) is 6.92. The third-order valence-electron chi connectivity index (χ3n) is 3.64. The fourth-order valence-corrected chi connectivity index (χ4v) is 2.54. The second-order valence-corrected chi connectivity index (χ2v) is 6.23. The Morgan fingerprint density at radius 1 is 1.18 bits per heavy atom. The summed E-state index contributed by atoms with van der Waals surface area (Å²) in [5, 5.41) is 0. The van der Waals surface area contributed by atoms with E-state index in [1.165, 1.54) is 0 Å². The Kier molecular flexibility index (Phi) is 4.73. The maximum Gasteiger partial charge on any atom is 0.309 e. The number of ether oxygens (including phenoxy) is 2. The standard InChI is InChI=1S/C17H16BrNO3/c18-14-6-7-16(19-10-14)22-15-8-13(9-15)17(20)21-11-12-4-2-1-3-5-12/h1-7,10,13,15H,8-9,11H2. The molecule has 22 heavy (non-hydrogen) atoms. The Morgan fingerprint density at radius 3 is 2.64 bits per heavy atom. The van der Waals surface area contributed by atoms with Crippen molar-refractivity contribution in [2.75, 3.05) is 0 Å². The average molecular weight is 362 g/mol. The molecule has 1 saturated carbocycles. The average Bonchev–Trinajstić information content (AvgIpc) is 2.51. The summed E-state index contributed by atoms with van der Waals surface area (Å²) in [5.74, 6) is 0.376. The highest BCUT2D eigenvalue weighted by Crippen LogP contribution is 2.32. The van der Waals surface area contributed by atoms with Gasteiger partial charge in [-0.25, -0.2) is 4.98 Å². The van der Waals surface area contributed by atoms with Crippen molar-refractivity contribution in [1.29, 1.82) is 0 Å². The normalized spacial score (nSPS) is 20.0. The number of benzene rings is 1. The second-order valence-electron chi connectivity index (χ2n) is 5.32. The van der Waals surface area contributed by atoms with Crippen LogP contribution in [-0.4, -0.2) is 17.1 Å². The summed E-state index contributed by atoms with van der Waals surface area (Å²) in [4.78, 5) is 16.1. The molecule has 3 rings (SSSR count). The lowest BCUT2D eigenvalue weighted by Crippen LogP contribution is -2.39. The quantitative estimate of drug-likeness (QED) is 0.761. The number of carbonyl (C=O) groups is 1. The lowest BCUT2D eigenvalue weighted by molar-refractivity contribution is -0.156. The molecule has 0 N–H and O–H groups in total. The minimum Gasteiger partial charge on any atom is -0.474 e. The van der Waals surface area contributed by atoms with E-state index in [-0.39, 0.29) is 18.0 Å². The van der Waals surface area contributed by atoms with Gasteiger partial charge in [0.2, 0.25) is 5.88 Å². The molecule has 1 aromatic heterocycles. The maximum absolute atomic E-state index is 11.9.